The van der Waals surface area contributed by atoms with Crippen LogP contribution in [0.25, 0.3) is 17.2 Å². The summed E-state index contributed by atoms with van der Waals surface area (Å²) in [7, 11) is 0. The van der Waals surface area contributed by atoms with Crippen LogP contribution in [-0.2, 0) is 6.42 Å². The molecule has 0 saturated heterocycles. The highest BCUT2D eigenvalue weighted by atomic mass is 32.1. The first-order valence-electron chi connectivity index (χ1n) is 9.22. The highest BCUT2D eigenvalue weighted by molar-refractivity contribution is 7.07. The van der Waals surface area contributed by atoms with Crippen molar-refractivity contribution in [2.75, 3.05) is 11.9 Å². The molecule has 16 heteroatoms. The van der Waals surface area contributed by atoms with Crippen LogP contribution < -0.4 is 5.32 Å². The Morgan fingerprint density at radius 2 is 1.79 bits per heavy atom. The van der Waals surface area contributed by atoms with Gasteiger partial charge in [0.15, 0.2) is 23.1 Å². The van der Waals surface area contributed by atoms with Gasteiger partial charge in [0.25, 0.3) is 5.60 Å². The zero-order valence-corrected chi connectivity index (χ0v) is 17.4. The van der Waals surface area contributed by atoms with Crippen molar-refractivity contribution in [3.63, 3.8) is 0 Å². The number of halogens is 7. The van der Waals surface area contributed by atoms with E-state index in [9.17, 15) is 35.8 Å². The predicted molar refractivity (Wildman–Crippen MR) is 104 cm³/mol. The van der Waals surface area contributed by atoms with Crippen molar-refractivity contribution in [1.82, 2.24) is 29.5 Å². The van der Waals surface area contributed by atoms with E-state index in [1.807, 2.05) is 16.8 Å². The van der Waals surface area contributed by atoms with Gasteiger partial charge in [-0.25, -0.2) is 28.8 Å². The van der Waals surface area contributed by atoms with Crippen LogP contribution in [-0.4, -0.2) is 59.2 Å². The van der Waals surface area contributed by atoms with E-state index in [0.29, 0.717) is 24.0 Å². The smallest absolute Gasteiger partial charge is 0.372 e. The number of rotatable bonds is 6. The van der Waals surface area contributed by atoms with Gasteiger partial charge in [0.2, 0.25) is 0 Å². The molecule has 0 bridgehead atoms. The zero-order valence-electron chi connectivity index (χ0n) is 16.6. The van der Waals surface area contributed by atoms with Gasteiger partial charge >= 0.3 is 12.4 Å². The highest BCUT2D eigenvalue weighted by Gasteiger charge is 2.70. The number of nitrogens with one attached hydrogen (secondary N) is 1. The van der Waals surface area contributed by atoms with Crippen LogP contribution in [0.5, 0.6) is 0 Å². The van der Waals surface area contributed by atoms with Crippen molar-refractivity contribution in [2.24, 2.45) is 0 Å². The Kier molecular flexibility index (Phi) is 5.89. The molecule has 0 aliphatic carbocycles. The van der Waals surface area contributed by atoms with Gasteiger partial charge in [-0.2, -0.15) is 42.8 Å². The quantitative estimate of drug-likeness (QED) is 0.385. The average molecular weight is 507 g/mol. The maximum absolute atomic E-state index is 14.1. The molecule has 4 heterocycles. The fourth-order valence-electron chi connectivity index (χ4n) is 2.89. The number of nitrogens with zero attached hydrogens (tertiary/aromatic N) is 6. The van der Waals surface area contributed by atoms with Crippen molar-refractivity contribution >= 4 is 22.8 Å². The summed E-state index contributed by atoms with van der Waals surface area (Å²) in [6, 6.07) is 1.85. The predicted octanol–water partition coefficient (Wildman–Crippen LogP) is 3.64. The van der Waals surface area contributed by atoms with Crippen LogP contribution in [0.3, 0.4) is 0 Å². The number of fused-ring (bicyclic) bond motifs is 1. The van der Waals surface area contributed by atoms with Crippen LogP contribution in [0.2, 0.25) is 0 Å². The van der Waals surface area contributed by atoms with E-state index < -0.39 is 36.1 Å². The van der Waals surface area contributed by atoms with Gasteiger partial charge in [-0.15, -0.1) is 0 Å². The summed E-state index contributed by atoms with van der Waals surface area (Å²) in [5.41, 5.74) is -3.40. The lowest BCUT2D eigenvalue weighted by Gasteiger charge is -2.32. The van der Waals surface area contributed by atoms with E-state index in [-0.39, 0.29) is 11.5 Å². The largest absolute Gasteiger partial charge is 0.428 e. The first-order valence-corrected chi connectivity index (χ1v) is 10.2. The van der Waals surface area contributed by atoms with E-state index in [2.05, 4.69) is 25.0 Å². The molecule has 4 rings (SSSR count). The molecule has 0 amide bonds. The number of hydrogen-bond donors (Lipinski definition) is 2. The molecule has 0 radical (unpaired) electrons. The number of anilines is 1. The summed E-state index contributed by atoms with van der Waals surface area (Å²) in [5.74, 6) is -2.64. The Balaban J connectivity index is 1.68. The van der Waals surface area contributed by atoms with Crippen LogP contribution >= 0.6 is 11.3 Å². The number of aliphatic hydroxyl groups is 1. The molecule has 34 heavy (non-hydrogen) atoms. The van der Waals surface area contributed by atoms with Gasteiger partial charge in [-0.3, -0.25) is 0 Å². The molecule has 0 fully saturated rings. The van der Waals surface area contributed by atoms with Crippen LogP contribution in [0.1, 0.15) is 11.3 Å². The Morgan fingerprint density at radius 1 is 1.06 bits per heavy atom. The first-order chi connectivity index (χ1) is 15.9. The molecule has 0 spiro atoms. The summed E-state index contributed by atoms with van der Waals surface area (Å²) in [6.45, 7) is -2.13. The third-order valence-corrected chi connectivity index (χ3v) is 5.44. The van der Waals surface area contributed by atoms with Gasteiger partial charge in [-0.05, 0) is 22.4 Å². The second-order valence-electron chi connectivity index (χ2n) is 7.01. The fourth-order valence-corrected chi connectivity index (χ4v) is 3.56. The molecule has 0 atom stereocenters. The monoisotopic (exact) mass is 507 g/mol. The Morgan fingerprint density at radius 3 is 2.44 bits per heavy atom. The van der Waals surface area contributed by atoms with Gasteiger partial charge in [0.05, 0.1) is 24.6 Å². The number of aromatic nitrogens is 6. The van der Waals surface area contributed by atoms with E-state index in [4.69, 9.17) is 0 Å². The number of hydrogen-bond acceptors (Lipinski definition) is 8. The van der Waals surface area contributed by atoms with E-state index in [1.165, 1.54) is 28.4 Å². The maximum atomic E-state index is 14.1. The Bertz CT molecular complexity index is 1290. The topological polar surface area (TPSA) is 101 Å². The molecule has 8 nitrogen and oxygen atoms in total. The second kappa shape index (κ2) is 8.43. The van der Waals surface area contributed by atoms with Crippen molar-refractivity contribution in [1.29, 1.82) is 0 Å². The minimum Gasteiger partial charge on any atom is -0.372 e. The second-order valence-corrected chi connectivity index (χ2v) is 7.79. The zero-order chi connectivity index (χ0) is 24.7. The normalized spacial score (nSPS) is 12.9. The van der Waals surface area contributed by atoms with Crippen LogP contribution in [0.15, 0.2) is 35.5 Å². The van der Waals surface area contributed by atoms with E-state index >= 15 is 0 Å². The van der Waals surface area contributed by atoms with Crippen molar-refractivity contribution < 1.29 is 35.8 Å². The highest BCUT2D eigenvalue weighted by Crippen LogP contribution is 2.43. The average Bonchev–Trinajstić information content (AvgIpc) is 3.43. The van der Waals surface area contributed by atoms with Gasteiger partial charge in [0.1, 0.15) is 12.0 Å². The molecule has 4 aromatic heterocycles. The summed E-state index contributed by atoms with van der Waals surface area (Å²) < 4.78 is 92.9. The first kappa shape index (κ1) is 23.7. The van der Waals surface area contributed by atoms with Gasteiger partial charge in [-0.1, -0.05) is 0 Å². The van der Waals surface area contributed by atoms with Crippen LogP contribution in [0, 0.1) is 5.82 Å². The van der Waals surface area contributed by atoms with Gasteiger partial charge in [0, 0.05) is 6.42 Å². The molecular weight excluding hydrogens is 495 g/mol. The molecule has 0 unspecified atom stereocenters. The fraction of sp³-hybridized carbons (Fsp3) is 0.278. The number of alkyl halides is 6. The Hall–Kier alpha value is -3.40. The summed E-state index contributed by atoms with van der Waals surface area (Å²) in [4.78, 5) is 15.9. The Labute approximate surface area is 189 Å². The van der Waals surface area contributed by atoms with Crippen LogP contribution in [0.4, 0.5) is 36.6 Å². The standard InChI is InChI=1S/C18H12F7N7OS/c19-10-4-26-14(31-13(10)27-7-16(33,17(20,21)22)18(23,24)25)12-5-32-15(28-8-29-32)11(30-12)3-9-1-2-34-6-9/h1-2,4-6,8,33H,3,7H2,(H,26,27,31). The SMILES string of the molecule is OC(CNc1nc(-c2cn3ncnc3c(Cc3ccsc3)n2)ncc1F)(C(F)(F)F)C(F)(F)F. The minimum absolute atomic E-state index is 0.00758. The molecular formula is C18H12F7N7OS. The van der Waals surface area contributed by atoms with Crippen molar-refractivity contribution in [3.05, 3.63) is 52.6 Å². The molecule has 4 aromatic rings. The lowest BCUT2D eigenvalue weighted by atomic mass is 10.0. The molecule has 0 aliphatic rings. The molecule has 0 saturated carbocycles. The maximum Gasteiger partial charge on any atom is 0.428 e. The summed E-state index contributed by atoms with van der Waals surface area (Å²) >= 11 is 1.46. The molecule has 2 N–H and O–H groups in total. The van der Waals surface area contributed by atoms with Crippen molar-refractivity contribution in [3.8, 4) is 11.5 Å². The lowest BCUT2D eigenvalue weighted by Crippen LogP contribution is -2.61. The van der Waals surface area contributed by atoms with Crippen molar-refractivity contribution in [2.45, 2.75) is 24.4 Å². The molecule has 180 valence electrons. The summed E-state index contributed by atoms with van der Waals surface area (Å²) in [6.07, 6.45) is -8.71. The third-order valence-electron chi connectivity index (χ3n) is 4.71. The molecule has 0 aromatic carbocycles. The van der Waals surface area contributed by atoms with E-state index in [1.54, 1.807) is 5.32 Å². The third kappa shape index (κ3) is 4.37. The lowest BCUT2D eigenvalue weighted by molar-refractivity contribution is -0.362. The summed E-state index contributed by atoms with van der Waals surface area (Å²) in [5, 5.41) is 18.6. The van der Waals surface area contributed by atoms with Gasteiger partial charge < -0.3 is 10.4 Å². The minimum atomic E-state index is -6.08. The van der Waals surface area contributed by atoms with E-state index in [0.717, 1.165) is 5.56 Å². The molecule has 0 aliphatic heterocycles. The number of thiophene rings is 1.